The minimum atomic E-state index is -0.407. The predicted octanol–water partition coefficient (Wildman–Crippen LogP) is 4.96. The molecule has 0 spiro atoms. The van der Waals surface area contributed by atoms with E-state index in [2.05, 4.69) is 63.3 Å². The van der Waals surface area contributed by atoms with E-state index < -0.39 is 5.54 Å². The van der Waals surface area contributed by atoms with Gasteiger partial charge in [-0.3, -0.25) is 5.32 Å². The molecule has 0 amide bonds. The molecular formula is C18H28N2S. The van der Waals surface area contributed by atoms with E-state index >= 15 is 0 Å². The SMILES string of the molecule is CC(C)NC(C)(C#N)CCCSc1ccc(C(C)C)cc1. The number of nitriles is 1. The van der Waals surface area contributed by atoms with Crippen LogP contribution in [0.25, 0.3) is 0 Å². The molecule has 1 aromatic carbocycles. The molecule has 0 aliphatic rings. The molecule has 0 aromatic heterocycles. The zero-order chi connectivity index (χ0) is 15.9. The van der Waals surface area contributed by atoms with Crippen molar-refractivity contribution in [3.8, 4) is 6.07 Å². The van der Waals surface area contributed by atoms with Gasteiger partial charge in [0.15, 0.2) is 0 Å². The van der Waals surface area contributed by atoms with Crippen molar-refractivity contribution in [1.82, 2.24) is 5.32 Å². The first-order valence-electron chi connectivity index (χ1n) is 7.78. The standard InChI is InChI=1S/C18H28N2S/c1-14(2)16-7-9-17(10-8-16)21-12-6-11-18(5,13-19)20-15(3)4/h7-10,14-15,20H,6,11-12H2,1-5H3. The minimum absolute atomic E-state index is 0.339. The van der Waals surface area contributed by atoms with Gasteiger partial charge >= 0.3 is 0 Å². The Balaban J connectivity index is 2.38. The molecule has 1 unspecified atom stereocenters. The lowest BCUT2D eigenvalue weighted by molar-refractivity contribution is 0.380. The summed E-state index contributed by atoms with van der Waals surface area (Å²) in [4.78, 5) is 1.31. The Morgan fingerprint density at radius 1 is 1.19 bits per heavy atom. The Hall–Kier alpha value is -0.980. The smallest absolute Gasteiger partial charge is 0.104 e. The molecule has 0 aliphatic heterocycles. The second-order valence-electron chi connectivity index (χ2n) is 6.42. The molecule has 1 rings (SSSR count). The third-order valence-electron chi connectivity index (χ3n) is 3.49. The molecule has 0 heterocycles. The number of hydrogen-bond donors (Lipinski definition) is 1. The molecule has 0 aliphatic carbocycles. The molecule has 0 saturated carbocycles. The van der Waals surface area contributed by atoms with E-state index in [1.54, 1.807) is 0 Å². The van der Waals surface area contributed by atoms with Crippen LogP contribution in [0.4, 0.5) is 0 Å². The molecule has 2 nitrogen and oxygen atoms in total. The first-order valence-corrected chi connectivity index (χ1v) is 8.76. The van der Waals surface area contributed by atoms with Crippen LogP contribution in [0.3, 0.4) is 0 Å². The zero-order valence-corrected chi connectivity index (χ0v) is 14.8. The molecule has 1 atom stereocenters. The van der Waals surface area contributed by atoms with E-state index in [1.165, 1.54) is 10.5 Å². The van der Waals surface area contributed by atoms with Gasteiger partial charge in [-0.2, -0.15) is 5.26 Å². The van der Waals surface area contributed by atoms with E-state index in [0.717, 1.165) is 18.6 Å². The number of nitrogens with one attached hydrogen (secondary N) is 1. The van der Waals surface area contributed by atoms with E-state index in [-0.39, 0.29) is 0 Å². The number of rotatable bonds is 8. The Morgan fingerprint density at radius 3 is 2.29 bits per heavy atom. The van der Waals surface area contributed by atoms with Gasteiger partial charge in [-0.15, -0.1) is 11.8 Å². The fourth-order valence-electron chi connectivity index (χ4n) is 2.36. The van der Waals surface area contributed by atoms with Crippen LogP contribution >= 0.6 is 11.8 Å². The molecule has 21 heavy (non-hydrogen) atoms. The average molecular weight is 305 g/mol. The van der Waals surface area contributed by atoms with Gasteiger partial charge in [0, 0.05) is 10.9 Å². The van der Waals surface area contributed by atoms with Crippen LogP contribution in [0.2, 0.25) is 0 Å². The Kier molecular flexibility index (Phi) is 7.28. The lowest BCUT2D eigenvalue weighted by Gasteiger charge is -2.25. The summed E-state index contributed by atoms with van der Waals surface area (Å²) in [7, 11) is 0. The highest BCUT2D eigenvalue weighted by molar-refractivity contribution is 7.99. The number of benzene rings is 1. The highest BCUT2D eigenvalue weighted by Gasteiger charge is 2.23. The number of hydrogen-bond acceptors (Lipinski definition) is 3. The summed E-state index contributed by atoms with van der Waals surface area (Å²) < 4.78 is 0. The average Bonchev–Trinajstić information content (AvgIpc) is 2.43. The van der Waals surface area contributed by atoms with Gasteiger partial charge in [-0.25, -0.2) is 0 Å². The minimum Gasteiger partial charge on any atom is -0.297 e. The molecule has 3 heteroatoms. The third kappa shape index (κ3) is 6.54. The molecule has 0 bridgehead atoms. The molecular weight excluding hydrogens is 276 g/mol. The van der Waals surface area contributed by atoms with Crippen molar-refractivity contribution in [2.75, 3.05) is 5.75 Å². The van der Waals surface area contributed by atoms with Gasteiger partial charge in [0.1, 0.15) is 5.54 Å². The summed E-state index contributed by atoms with van der Waals surface area (Å²) in [6, 6.07) is 11.6. The lowest BCUT2D eigenvalue weighted by Crippen LogP contribution is -2.44. The lowest BCUT2D eigenvalue weighted by atomic mass is 9.97. The van der Waals surface area contributed by atoms with Crippen molar-refractivity contribution in [3.63, 3.8) is 0 Å². The van der Waals surface area contributed by atoms with E-state index in [9.17, 15) is 5.26 Å². The second kappa shape index (κ2) is 8.46. The van der Waals surface area contributed by atoms with E-state index in [4.69, 9.17) is 0 Å². The van der Waals surface area contributed by atoms with Crippen molar-refractivity contribution >= 4 is 11.8 Å². The highest BCUT2D eigenvalue weighted by Crippen LogP contribution is 2.24. The Bertz CT molecular complexity index is 459. The van der Waals surface area contributed by atoms with Crippen LogP contribution < -0.4 is 5.32 Å². The third-order valence-corrected chi connectivity index (χ3v) is 4.59. The highest BCUT2D eigenvalue weighted by atomic mass is 32.2. The monoisotopic (exact) mass is 304 g/mol. The van der Waals surface area contributed by atoms with Gasteiger partial charge in [0.05, 0.1) is 6.07 Å². The molecule has 0 radical (unpaired) electrons. The van der Waals surface area contributed by atoms with Crippen LogP contribution in [-0.4, -0.2) is 17.3 Å². The molecule has 1 aromatic rings. The second-order valence-corrected chi connectivity index (χ2v) is 7.59. The van der Waals surface area contributed by atoms with E-state index in [1.807, 2.05) is 18.7 Å². The quantitative estimate of drug-likeness (QED) is 0.544. The first-order chi connectivity index (χ1) is 9.86. The topological polar surface area (TPSA) is 35.8 Å². The Morgan fingerprint density at radius 2 is 1.81 bits per heavy atom. The molecule has 1 N–H and O–H groups in total. The van der Waals surface area contributed by atoms with Crippen molar-refractivity contribution in [3.05, 3.63) is 29.8 Å². The van der Waals surface area contributed by atoms with Crippen LogP contribution in [0.15, 0.2) is 29.2 Å². The maximum Gasteiger partial charge on any atom is 0.104 e. The zero-order valence-electron chi connectivity index (χ0n) is 13.9. The normalized spacial score (nSPS) is 14.2. The van der Waals surface area contributed by atoms with Crippen LogP contribution in [0, 0.1) is 11.3 Å². The van der Waals surface area contributed by atoms with Gasteiger partial charge in [-0.1, -0.05) is 26.0 Å². The molecule has 116 valence electrons. The van der Waals surface area contributed by atoms with Gasteiger partial charge in [0.2, 0.25) is 0 Å². The summed E-state index contributed by atoms with van der Waals surface area (Å²) in [5, 5.41) is 12.7. The van der Waals surface area contributed by atoms with E-state index in [0.29, 0.717) is 12.0 Å². The van der Waals surface area contributed by atoms with Crippen molar-refractivity contribution < 1.29 is 0 Å². The van der Waals surface area contributed by atoms with Crippen LogP contribution in [-0.2, 0) is 0 Å². The first kappa shape index (κ1) is 18.1. The fraction of sp³-hybridized carbons (Fsp3) is 0.611. The molecule has 0 saturated heterocycles. The van der Waals surface area contributed by atoms with Gasteiger partial charge < -0.3 is 0 Å². The van der Waals surface area contributed by atoms with Crippen LogP contribution in [0.5, 0.6) is 0 Å². The fourth-order valence-corrected chi connectivity index (χ4v) is 3.22. The maximum atomic E-state index is 9.31. The maximum absolute atomic E-state index is 9.31. The summed E-state index contributed by atoms with van der Waals surface area (Å²) in [6.07, 6.45) is 1.93. The summed E-state index contributed by atoms with van der Waals surface area (Å²) in [6.45, 7) is 10.6. The summed E-state index contributed by atoms with van der Waals surface area (Å²) in [5.74, 6) is 1.64. The van der Waals surface area contributed by atoms with Crippen molar-refractivity contribution in [2.24, 2.45) is 0 Å². The van der Waals surface area contributed by atoms with Crippen LogP contribution in [0.1, 0.15) is 58.9 Å². The summed E-state index contributed by atoms with van der Waals surface area (Å²) >= 11 is 1.87. The number of nitrogens with zero attached hydrogens (tertiary/aromatic N) is 1. The van der Waals surface area contributed by atoms with Gasteiger partial charge in [-0.05, 0) is 63.0 Å². The van der Waals surface area contributed by atoms with Crippen molar-refractivity contribution in [1.29, 1.82) is 5.26 Å². The Labute approximate surface area is 134 Å². The largest absolute Gasteiger partial charge is 0.297 e. The van der Waals surface area contributed by atoms with Crippen molar-refractivity contribution in [2.45, 2.75) is 69.9 Å². The predicted molar refractivity (Wildman–Crippen MR) is 92.8 cm³/mol. The summed E-state index contributed by atoms with van der Waals surface area (Å²) in [5.41, 5.74) is 0.980. The number of thioether (sulfide) groups is 1. The molecule has 0 fully saturated rings. The van der Waals surface area contributed by atoms with Gasteiger partial charge in [0.25, 0.3) is 0 Å².